The van der Waals surface area contributed by atoms with Crippen LogP contribution in [-0.4, -0.2) is 49.8 Å². The van der Waals surface area contributed by atoms with Crippen LogP contribution in [0, 0.1) is 0 Å². The van der Waals surface area contributed by atoms with Gasteiger partial charge >= 0.3 is 0 Å². The summed E-state index contributed by atoms with van der Waals surface area (Å²) in [7, 11) is 1.79. The lowest BCUT2D eigenvalue weighted by atomic mass is 10.1. The zero-order chi connectivity index (χ0) is 19.8. The topological polar surface area (TPSA) is 61.8 Å². The fraction of sp³-hybridized carbons (Fsp3) is 0.429. The lowest BCUT2D eigenvalue weighted by Gasteiger charge is -2.33. The summed E-state index contributed by atoms with van der Waals surface area (Å²) in [6, 6.07) is 13.9. The number of hydrogen-bond donors (Lipinski definition) is 2. The number of aromatic nitrogens is 1. The Balaban J connectivity index is 0.00000300. The molecule has 1 aliphatic heterocycles. The van der Waals surface area contributed by atoms with Gasteiger partial charge in [0.2, 0.25) is 0 Å². The molecule has 1 atom stereocenters. The summed E-state index contributed by atoms with van der Waals surface area (Å²) in [5.74, 6) is 2.62. The number of pyridine rings is 1. The third kappa shape index (κ3) is 7.54. The molecule has 0 bridgehead atoms. The maximum Gasteiger partial charge on any atom is 0.191 e. The molecule has 1 saturated heterocycles. The molecule has 1 aromatic heterocycles. The molecule has 29 heavy (non-hydrogen) atoms. The molecular weight excluding hydrogens is 501 g/mol. The fourth-order valence-corrected chi connectivity index (χ4v) is 3.42. The Morgan fingerprint density at radius 1 is 1.28 bits per heavy atom. The first-order chi connectivity index (χ1) is 13.6. The second kappa shape index (κ2) is 12.1. The number of halogens is 2. The van der Waals surface area contributed by atoms with Gasteiger partial charge in [-0.1, -0.05) is 23.7 Å². The number of piperidine rings is 1. The normalized spacial score (nSPS) is 16.0. The molecule has 0 aliphatic carbocycles. The van der Waals surface area contributed by atoms with Crippen molar-refractivity contribution in [1.29, 1.82) is 0 Å². The highest BCUT2D eigenvalue weighted by atomic mass is 127. The predicted octanol–water partition coefficient (Wildman–Crippen LogP) is 3.95. The molecule has 6 nitrogen and oxygen atoms in total. The second-order valence-electron chi connectivity index (χ2n) is 6.93. The van der Waals surface area contributed by atoms with Gasteiger partial charge in [0, 0.05) is 37.4 Å². The van der Waals surface area contributed by atoms with Crippen LogP contribution in [-0.2, 0) is 0 Å². The van der Waals surface area contributed by atoms with E-state index >= 15 is 0 Å². The number of nitrogens with one attached hydrogen (secondary N) is 2. The molecule has 0 radical (unpaired) electrons. The molecule has 2 aromatic rings. The van der Waals surface area contributed by atoms with Crippen LogP contribution in [0.2, 0.25) is 5.02 Å². The Labute approximate surface area is 195 Å². The molecule has 2 N–H and O–H groups in total. The van der Waals surface area contributed by atoms with Crippen molar-refractivity contribution in [2.75, 3.05) is 31.6 Å². The van der Waals surface area contributed by atoms with Crippen LogP contribution in [0.25, 0.3) is 0 Å². The van der Waals surface area contributed by atoms with Crippen molar-refractivity contribution in [3.05, 3.63) is 53.7 Å². The highest BCUT2D eigenvalue weighted by Crippen LogP contribution is 2.18. The Hall–Kier alpha value is -1.74. The molecule has 0 spiro atoms. The van der Waals surface area contributed by atoms with E-state index in [4.69, 9.17) is 16.3 Å². The van der Waals surface area contributed by atoms with Gasteiger partial charge in [-0.05, 0) is 50.1 Å². The third-order valence-electron chi connectivity index (χ3n) is 4.72. The van der Waals surface area contributed by atoms with Gasteiger partial charge in [-0.3, -0.25) is 4.99 Å². The molecule has 1 aromatic carbocycles. The first-order valence-electron chi connectivity index (χ1n) is 9.69. The van der Waals surface area contributed by atoms with Gasteiger partial charge in [0.05, 0.1) is 6.54 Å². The minimum absolute atomic E-state index is 0. The summed E-state index contributed by atoms with van der Waals surface area (Å²) >= 11 is 6.00. The molecule has 1 fully saturated rings. The standard InChI is InChI=1S/C21H28ClN5O.HI/c1-16(28-19-7-5-6-17(22)14-19)15-25-21(23-2)26-18-9-12-27(13-10-18)20-8-3-4-11-24-20;/h3-8,11,14,16,18H,9-10,12-13,15H2,1-2H3,(H2,23,25,26);1H. The first kappa shape index (κ1) is 23.5. The molecule has 0 amide bonds. The summed E-state index contributed by atoms with van der Waals surface area (Å²) in [6.07, 6.45) is 3.93. The van der Waals surface area contributed by atoms with Crippen LogP contribution < -0.4 is 20.3 Å². The number of anilines is 1. The Morgan fingerprint density at radius 3 is 2.72 bits per heavy atom. The van der Waals surface area contributed by atoms with E-state index < -0.39 is 0 Å². The second-order valence-corrected chi connectivity index (χ2v) is 7.37. The van der Waals surface area contributed by atoms with Crippen molar-refractivity contribution in [2.24, 2.45) is 4.99 Å². The summed E-state index contributed by atoms with van der Waals surface area (Å²) in [5.41, 5.74) is 0. The molecule has 0 saturated carbocycles. The van der Waals surface area contributed by atoms with Gasteiger partial charge in [-0.25, -0.2) is 4.98 Å². The molecule has 8 heteroatoms. The maximum atomic E-state index is 6.00. The fourth-order valence-electron chi connectivity index (χ4n) is 3.24. The van der Waals surface area contributed by atoms with E-state index in [-0.39, 0.29) is 30.1 Å². The summed E-state index contributed by atoms with van der Waals surface area (Å²) in [4.78, 5) is 11.1. The van der Waals surface area contributed by atoms with Crippen molar-refractivity contribution >= 4 is 47.4 Å². The highest BCUT2D eigenvalue weighted by Gasteiger charge is 2.20. The summed E-state index contributed by atoms with van der Waals surface area (Å²) in [5, 5.41) is 7.54. The van der Waals surface area contributed by atoms with Gasteiger partial charge in [0.25, 0.3) is 0 Å². The Kier molecular flexibility index (Phi) is 9.80. The van der Waals surface area contributed by atoms with Crippen molar-refractivity contribution in [3.8, 4) is 5.75 Å². The molecule has 1 unspecified atom stereocenters. The minimum Gasteiger partial charge on any atom is -0.489 e. The lowest BCUT2D eigenvalue weighted by Crippen LogP contribution is -2.50. The van der Waals surface area contributed by atoms with Crippen molar-refractivity contribution in [2.45, 2.75) is 31.9 Å². The van der Waals surface area contributed by atoms with Gasteiger partial charge in [0.1, 0.15) is 17.7 Å². The first-order valence-corrected chi connectivity index (χ1v) is 10.1. The van der Waals surface area contributed by atoms with Crippen molar-refractivity contribution < 1.29 is 4.74 Å². The van der Waals surface area contributed by atoms with Crippen LogP contribution in [0.1, 0.15) is 19.8 Å². The van der Waals surface area contributed by atoms with Crippen LogP contribution in [0.15, 0.2) is 53.7 Å². The van der Waals surface area contributed by atoms with Crippen LogP contribution in [0.3, 0.4) is 0 Å². The van der Waals surface area contributed by atoms with Gasteiger partial charge in [-0.2, -0.15) is 0 Å². The number of rotatable bonds is 6. The Bertz CT molecular complexity index is 769. The number of nitrogens with zero attached hydrogens (tertiary/aromatic N) is 3. The zero-order valence-electron chi connectivity index (χ0n) is 16.8. The van der Waals surface area contributed by atoms with E-state index in [1.807, 2.05) is 49.5 Å². The molecule has 3 rings (SSSR count). The van der Waals surface area contributed by atoms with E-state index in [2.05, 4.69) is 31.6 Å². The summed E-state index contributed by atoms with van der Waals surface area (Å²) in [6.45, 7) is 4.64. The monoisotopic (exact) mass is 529 g/mol. The van der Waals surface area contributed by atoms with Gasteiger partial charge in [-0.15, -0.1) is 24.0 Å². The predicted molar refractivity (Wildman–Crippen MR) is 131 cm³/mol. The number of aliphatic imine (C=N–C) groups is 1. The number of guanidine groups is 1. The van der Waals surface area contributed by atoms with E-state index in [0.717, 1.165) is 43.5 Å². The number of ether oxygens (including phenoxy) is 1. The van der Waals surface area contributed by atoms with E-state index in [0.29, 0.717) is 17.6 Å². The van der Waals surface area contributed by atoms with Crippen LogP contribution in [0.5, 0.6) is 5.75 Å². The maximum absolute atomic E-state index is 6.00. The van der Waals surface area contributed by atoms with Crippen LogP contribution in [0.4, 0.5) is 5.82 Å². The van der Waals surface area contributed by atoms with E-state index in [1.54, 1.807) is 7.05 Å². The zero-order valence-corrected chi connectivity index (χ0v) is 19.9. The SMILES string of the molecule is CN=C(NCC(C)Oc1cccc(Cl)c1)NC1CCN(c2ccccn2)CC1.I. The number of benzene rings is 1. The smallest absolute Gasteiger partial charge is 0.191 e. The van der Waals surface area contributed by atoms with Crippen LogP contribution >= 0.6 is 35.6 Å². The largest absolute Gasteiger partial charge is 0.489 e. The molecule has 1 aliphatic rings. The van der Waals surface area contributed by atoms with E-state index in [1.165, 1.54) is 0 Å². The summed E-state index contributed by atoms with van der Waals surface area (Å²) < 4.78 is 5.90. The highest BCUT2D eigenvalue weighted by molar-refractivity contribution is 14.0. The van der Waals surface area contributed by atoms with E-state index in [9.17, 15) is 0 Å². The lowest BCUT2D eigenvalue weighted by molar-refractivity contribution is 0.223. The molecule has 158 valence electrons. The van der Waals surface area contributed by atoms with Gasteiger partial charge < -0.3 is 20.3 Å². The average molecular weight is 530 g/mol. The van der Waals surface area contributed by atoms with Gasteiger partial charge in [0.15, 0.2) is 5.96 Å². The van der Waals surface area contributed by atoms with Crippen molar-refractivity contribution in [1.82, 2.24) is 15.6 Å². The minimum atomic E-state index is -0.0111. The molecule has 2 heterocycles. The number of hydrogen-bond acceptors (Lipinski definition) is 4. The third-order valence-corrected chi connectivity index (χ3v) is 4.96. The molecular formula is C21H29ClIN5O. The average Bonchev–Trinajstić information content (AvgIpc) is 2.72. The van der Waals surface area contributed by atoms with Crippen molar-refractivity contribution in [3.63, 3.8) is 0 Å². The Morgan fingerprint density at radius 2 is 2.07 bits per heavy atom. The quantitative estimate of drug-likeness (QED) is 0.337.